The molecule has 4 aromatic rings. The van der Waals surface area contributed by atoms with E-state index in [0.717, 1.165) is 23.3 Å². The molecule has 1 unspecified atom stereocenters. The van der Waals surface area contributed by atoms with Gasteiger partial charge in [0.2, 0.25) is 5.13 Å². The van der Waals surface area contributed by atoms with Gasteiger partial charge in [-0.25, -0.2) is 4.39 Å². The number of benzene rings is 3. The van der Waals surface area contributed by atoms with Crippen LogP contribution in [0.25, 0.3) is 5.76 Å². The van der Waals surface area contributed by atoms with E-state index in [1.165, 1.54) is 22.7 Å². The summed E-state index contributed by atoms with van der Waals surface area (Å²) in [7, 11) is 0. The highest BCUT2D eigenvalue weighted by Crippen LogP contribution is 2.44. The third kappa shape index (κ3) is 5.64. The summed E-state index contributed by atoms with van der Waals surface area (Å²) in [6, 6.07) is 19.7. The zero-order chi connectivity index (χ0) is 28.2. The molecular formula is C30H26FN3O4S2. The number of anilines is 1. The van der Waals surface area contributed by atoms with Crippen LogP contribution < -0.4 is 9.64 Å². The summed E-state index contributed by atoms with van der Waals surface area (Å²) < 4.78 is 20.4. The maximum atomic E-state index is 14.1. The molecule has 5 rings (SSSR count). The molecule has 7 nitrogen and oxygen atoms in total. The largest absolute Gasteiger partial charge is 0.507 e. The molecule has 1 aliphatic rings. The van der Waals surface area contributed by atoms with Gasteiger partial charge in [0.15, 0.2) is 4.34 Å². The second kappa shape index (κ2) is 12.0. The van der Waals surface area contributed by atoms with Crippen molar-refractivity contribution in [2.24, 2.45) is 0 Å². The number of nitrogens with zero attached hydrogens (tertiary/aromatic N) is 3. The summed E-state index contributed by atoms with van der Waals surface area (Å²) in [6.45, 7) is 4.42. The normalized spacial score (nSPS) is 16.5. The van der Waals surface area contributed by atoms with Crippen LogP contribution in [0.3, 0.4) is 0 Å². The average molecular weight is 576 g/mol. The molecule has 0 saturated carbocycles. The van der Waals surface area contributed by atoms with E-state index < -0.39 is 17.7 Å². The Kier molecular flexibility index (Phi) is 8.27. The molecule has 0 spiro atoms. The lowest BCUT2D eigenvalue weighted by molar-refractivity contribution is -0.132. The molecule has 0 aliphatic carbocycles. The number of rotatable bonds is 9. The SMILES string of the molecule is CCCOc1cccc(C2/C(=C(\O)c3ccc(C)cc3)C(=O)C(=O)N2c2nnc(SCc3ccccc3F)s2)c1. The number of ether oxygens (including phenoxy) is 1. The Labute approximate surface area is 239 Å². The van der Waals surface area contributed by atoms with Crippen molar-refractivity contribution in [1.29, 1.82) is 0 Å². The van der Waals surface area contributed by atoms with Crippen LogP contribution in [-0.2, 0) is 15.3 Å². The highest BCUT2D eigenvalue weighted by Gasteiger charge is 2.48. The van der Waals surface area contributed by atoms with Gasteiger partial charge < -0.3 is 9.84 Å². The smallest absolute Gasteiger partial charge is 0.301 e. The molecule has 1 saturated heterocycles. The second-order valence-electron chi connectivity index (χ2n) is 9.19. The molecule has 0 radical (unpaired) electrons. The number of amides is 1. The monoisotopic (exact) mass is 575 g/mol. The van der Waals surface area contributed by atoms with E-state index in [1.807, 2.05) is 26.0 Å². The van der Waals surface area contributed by atoms with Crippen LogP contribution in [0.15, 0.2) is 82.7 Å². The molecule has 1 atom stereocenters. The zero-order valence-corrected chi connectivity index (χ0v) is 23.5. The Morgan fingerprint density at radius 2 is 1.85 bits per heavy atom. The van der Waals surface area contributed by atoms with Gasteiger partial charge in [0.05, 0.1) is 18.2 Å². The molecule has 1 N–H and O–H groups in total. The molecule has 40 heavy (non-hydrogen) atoms. The van der Waals surface area contributed by atoms with Crippen molar-refractivity contribution in [3.05, 3.63) is 106 Å². The van der Waals surface area contributed by atoms with Gasteiger partial charge in [0.25, 0.3) is 5.78 Å². The molecule has 3 aromatic carbocycles. The van der Waals surface area contributed by atoms with Gasteiger partial charge in [-0.15, -0.1) is 10.2 Å². The van der Waals surface area contributed by atoms with Crippen molar-refractivity contribution < 1.29 is 23.8 Å². The van der Waals surface area contributed by atoms with Gasteiger partial charge >= 0.3 is 5.91 Å². The van der Waals surface area contributed by atoms with Crippen LogP contribution in [0.4, 0.5) is 9.52 Å². The number of ketones is 1. The predicted molar refractivity (Wildman–Crippen MR) is 154 cm³/mol. The van der Waals surface area contributed by atoms with Gasteiger partial charge in [0.1, 0.15) is 17.3 Å². The summed E-state index contributed by atoms with van der Waals surface area (Å²) >= 11 is 2.41. The topological polar surface area (TPSA) is 92.6 Å². The number of carbonyl (C=O) groups is 2. The lowest BCUT2D eigenvalue weighted by atomic mass is 9.95. The number of aryl methyl sites for hydroxylation is 1. The summed E-state index contributed by atoms with van der Waals surface area (Å²) in [5, 5.41) is 19.9. The number of hydrogen-bond acceptors (Lipinski definition) is 8. The van der Waals surface area contributed by atoms with Crippen LogP contribution in [0.1, 0.15) is 41.6 Å². The molecule has 1 aromatic heterocycles. The fourth-order valence-electron chi connectivity index (χ4n) is 4.32. The Morgan fingerprint density at radius 1 is 1.07 bits per heavy atom. The predicted octanol–water partition coefficient (Wildman–Crippen LogP) is 6.69. The zero-order valence-electron chi connectivity index (χ0n) is 21.8. The molecule has 2 heterocycles. The molecular weight excluding hydrogens is 549 g/mol. The molecule has 10 heteroatoms. The molecule has 1 amide bonds. The van der Waals surface area contributed by atoms with Crippen LogP contribution >= 0.6 is 23.1 Å². The van der Waals surface area contributed by atoms with E-state index >= 15 is 0 Å². The van der Waals surface area contributed by atoms with E-state index in [9.17, 15) is 19.1 Å². The number of thioether (sulfide) groups is 1. The summed E-state index contributed by atoms with van der Waals surface area (Å²) in [6.07, 6.45) is 0.814. The van der Waals surface area contributed by atoms with Crippen LogP contribution in [0, 0.1) is 12.7 Å². The maximum Gasteiger partial charge on any atom is 0.301 e. The number of aliphatic hydroxyl groups is 1. The van der Waals surface area contributed by atoms with Crippen LogP contribution in [-0.4, -0.2) is 33.6 Å². The van der Waals surface area contributed by atoms with Crippen molar-refractivity contribution in [3.63, 3.8) is 0 Å². The van der Waals surface area contributed by atoms with Gasteiger partial charge in [-0.2, -0.15) is 0 Å². The van der Waals surface area contributed by atoms with Gasteiger partial charge in [-0.3, -0.25) is 14.5 Å². The van der Waals surface area contributed by atoms with Crippen molar-refractivity contribution in [2.75, 3.05) is 11.5 Å². The minimum atomic E-state index is -0.955. The lowest BCUT2D eigenvalue weighted by Gasteiger charge is -2.23. The number of carbonyl (C=O) groups excluding carboxylic acids is 2. The quantitative estimate of drug-likeness (QED) is 0.0781. The summed E-state index contributed by atoms with van der Waals surface area (Å²) in [4.78, 5) is 28.2. The molecule has 1 fully saturated rings. The summed E-state index contributed by atoms with van der Waals surface area (Å²) in [5.41, 5.74) is 2.47. The first-order valence-corrected chi connectivity index (χ1v) is 14.5. The third-order valence-electron chi connectivity index (χ3n) is 6.33. The molecule has 204 valence electrons. The van der Waals surface area contributed by atoms with Crippen molar-refractivity contribution in [2.45, 2.75) is 36.4 Å². The minimum absolute atomic E-state index is 0.0442. The van der Waals surface area contributed by atoms with Crippen LogP contribution in [0.2, 0.25) is 0 Å². The Hall–Kier alpha value is -4.02. The Balaban J connectivity index is 1.55. The summed E-state index contributed by atoms with van der Waals surface area (Å²) in [5.74, 6) is -1.32. The second-order valence-corrected chi connectivity index (χ2v) is 11.4. The van der Waals surface area contributed by atoms with Crippen molar-refractivity contribution >= 4 is 45.7 Å². The highest BCUT2D eigenvalue weighted by molar-refractivity contribution is 8.00. The van der Waals surface area contributed by atoms with Gasteiger partial charge in [-0.05, 0) is 42.7 Å². The number of Topliss-reactive ketones (excluding diaryl/α,β-unsaturated/α-hetero) is 1. The average Bonchev–Trinajstić information content (AvgIpc) is 3.53. The number of halogens is 1. The standard InChI is InChI=1S/C30H26FN3O4S2/c1-3-15-38-22-9-6-8-20(16-22)25-24(26(35)19-13-11-18(2)12-14-19)27(36)28(37)34(25)29-32-33-30(40-29)39-17-21-7-4-5-10-23(21)31/h4-14,16,25,35H,3,15,17H2,1-2H3/b26-24+. The van der Waals surface area contributed by atoms with Gasteiger partial charge in [-0.1, -0.05) is 90.2 Å². The van der Waals surface area contributed by atoms with Crippen molar-refractivity contribution in [1.82, 2.24) is 10.2 Å². The van der Waals surface area contributed by atoms with E-state index in [1.54, 1.807) is 54.6 Å². The highest BCUT2D eigenvalue weighted by atomic mass is 32.2. The Bertz CT molecular complexity index is 1590. The molecule has 0 bridgehead atoms. The first-order chi connectivity index (χ1) is 19.4. The maximum absolute atomic E-state index is 14.1. The van der Waals surface area contributed by atoms with Crippen LogP contribution in [0.5, 0.6) is 5.75 Å². The fraction of sp³-hybridized carbons (Fsp3) is 0.200. The Morgan fingerprint density at radius 3 is 2.60 bits per heavy atom. The third-order valence-corrected chi connectivity index (χ3v) is 8.43. The van der Waals surface area contributed by atoms with E-state index in [2.05, 4.69) is 10.2 Å². The van der Waals surface area contributed by atoms with E-state index in [-0.39, 0.29) is 22.3 Å². The minimum Gasteiger partial charge on any atom is -0.507 e. The van der Waals surface area contributed by atoms with E-state index in [0.29, 0.717) is 39.1 Å². The number of hydrogen-bond donors (Lipinski definition) is 1. The first-order valence-electron chi connectivity index (χ1n) is 12.7. The van der Waals surface area contributed by atoms with E-state index in [4.69, 9.17) is 4.74 Å². The van der Waals surface area contributed by atoms with Crippen molar-refractivity contribution in [3.8, 4) is 5.75 Å². The lowest BCUT2D eigenvalue weighted by Crippen LogP contribution is -2.29. The van der Waals surface area contributed by atoms with Gasteiger partial charge in [0, 0.05) is 11.3 Å². The fourth-order valence-corrected chi connectivity index (χ4v) is 6.17. The first kappa shape index (κ1) is 27.5. The number of aliphatic hydroxyl groups excluding tert-OH is 1. The molecule has 1 aliphatic heterocycles. The number of aromatic nitrogens is 2.